The van der Waals surface area contributed by atoms with Gasteiger partial charge in [-0.15, -0.1) is 0 Å². The Labute approximate surface area is 261 Å². The highest BCUT2D eigenvalue weighted by Gasteiger charge is 2.38. The number of nitrogens with one attached hydrogen (secondary N) is 1. The number of rotatable bonds is 8. The van der Waals surface area contributed by atoms with Crippen LogP contribution < -0.4 is 14.5 Å². The normalized spacial score (nSPS) is 17.5. The Morgan fingerprint density at radius 2 is 1.82 bits per heavy atom. The van der Waals surface area contributed by atoms with Gasteiger partial charge in [0.2, 0.25) is 5.91 Å². The van der Waals surface area contributed by atoms with Crippen molar-refractivity contribution in [2.24, 2.45) is 0 Å². The second kappa shape index (κ2) is 14.5. The SMILES string of the molecule is C=CC(=O)N1CCN(c2nc(OCCCN3CCOCC3)nc3c2CCN(c2c(C(F)(F)F)ccc4[nH]ncc24)C3)CC1.CC. The average molecular weight is 631 g/mol. The molecule has 2 saturated heterocycles. The Balaban J connectivity index is 0.00000196. The summed E-state index contributed by atoms with van der Waals surface area (Å²) < 4.78 is 54.0. The molecule has 2 fully saturated rings. The second-order valence-electron chi connectivity index (χ2n) is 10.9. The van der Waals surface area contributed by atoms with Crippen molar-refractivity contribution in [2.75, 3.05) is 82.0 Å². The summed E-state index contributed by atoms with van der Waals surface area (Å²) in [5, 5.41) is 7.20. The average Bonchev–Trinajstić information content (AvgIpc) is 3.55. The van der Waals surface area contributed by atoms with Crippen LogP contribution in [-0.2, 0) is 28.7 Å². The first-order valence-electron chi connectivity index (χ1n) is 15.6. The number of halogens is 3. The van der Waals surface area contributed by atoms with Crippen molar-refractivity contribution in [1.29, 1.82) is 0 Å². The van der Waals surface area contributed by atoms with Gasteiger partial charge in [-0.2, -0.15) is 28.2 Å². The van der Waals surface area contributed by atoms with Crippen LogP contribution in [0.5, 0.6) is 6.01 Å². The van der Waals surface area contributed by atoms with Crippen LogP contribution in [-0.4, -0.2) is 108 Å². The van der Waals surface area contributed by atoms with E-state index in [9.17, 15) is 18.0 Å². The number of carbonyl (C=O) groups is 1. The lowest BCUT2D eigenvalue weighted by Gasteiger charge is -2.38. The summed E-state index contributed by atoms with van der Waals surface area (Å²) in [6.07, 6.45) is -0.542. The fourth-order valence-corrected chi connectivity index (χ4v) is 6.02. The molecule has 1 amide bonds. The van der Waals surface area contributed by atoms with E-state index >= 15 is 0 Å². The fraction of sp³-hybridized carbons (Fsp3) is 0.548. The number of benzene rings is 1. The summed E-state index contributed by atoms with van der Waals surface area (Å²) in [6, 6.07) is 2.72. The monoisotopic (exact) mass is 630 g/mol. The van der Waals surface area contributed by atoms with E-state index in [2.05, 4.69) is 26.6 Å². The maximum atomic E-state index is 14.2. The van der Waals surface area contributed by atoms with Crippen LogP contribution in [0.15, 0.2) is 31.0 Å². The largest absolute Gasteiger partial charge is 0.463 e. The molecule has 5 heterocycles. The van der Waals surface area contributed by atoms with Crippen LogP contribution in [0, 0.1) is 0 Å². The summed E-state index contributed by atoms with van der Waals surface area (Å²) in [6.45, 7) is 14.8. The van der Waals surface area contributed by atoms with E-state index in [0.717, 1.165) is 56.7 Å². The van der Waals surface area contributed by atoms with E-state index in [0.29, 0.717) is 62.3 Å². The molecule has 14 heteroatoms. The molecule has 0 saturated carbocycles. The number of ether oxygens (including phenoxy) is 2. The summed E-state index contributed by atoms with van der Waals surface area (Å²) in [7, 11) is 0. The minimum absolute atomic E-state index is 0.0918. The molecule has 0 unspecified atom stereocenters. The van der Waals surface area contributed by atoms with E-state index in [1.165, 1.54) is 18.3 Å². The first-order valence-corrected chi connectivity index (χ1v) is 15.6. The van der Waals surface area contributed by atoms with Crippen molar-refractivity contribution < 1.29 is 27.4 Å². The molecule has 45 heavy (non-hydrogen) atoms. The lowest BCUT2D eigenvalue weighted by atomic mass is 10.0. The van der Waals surface area contributed by atoms with Crippen molar-refractivity contribution in [3.05, 3.63) is 47.8 Å². The van der Waals surface area contributed by atoms with Crippen molar-refractivity contribution >= 4 is 28.3 Å². The quantitative estimate of drug-likeness (QED) is 0.293. The summed E-state index contributed by atoms with van der Waals surface area (Å²) in [5.74, 6) is 0.606. The van der Waals surface area contributed by atoms with Gasteiger partial charge < -0.3 is 24.2 Å². The predicted molar refractivity (Wildman–Crippen MR) is 166 cm³/mol. The number of alkyl halides is 3. The predicted octanol–water partition coefficient (Wildman–Crippen LogP) is 3.90. The standard InChI is InChI=1S/C29H35F3N8O3.C2H6/c1-2-25(41)38-9-11-39(12-10-38)27-20-6-8-40(26-21-18-33-36-23(21)5-4-22(26)29(30,31)32)19-24(20)34-28(35-27)43-15-3-7-37-13-16-42-17-14-37;1-2/h2,4-5,18H,1,3,6-17,19H2,(H,33,36);1-2H3. The van der Waals surface area contributed by atoms with Crippen LogP contribution in [0.4, 0.5) is 24.7 Å². The molecule has 244 valence electrons. The lowest BCUT2D eigenvalue weighted by Crippen LogP contribution is -2.49. The van der Waals surface area contributed by atoms with Gasteiger partial charge in [0, 0.05) is 63.3 Å². The van der Waals surface area contributed by atoms with Gasteiger partial charge in [-0.25, -0.2) is 0 Å². The Kier molecular flexibility index (Phi) is 10.4. The molecule has 3 aromatic rings. The number of hydrogen-bond acceptors (Lipinski definition) is 9. The van der Waals surface area contributed by atoms with Gasteiger partial charge in [0.25, 0.3) is 0 Å². The number of piperazine rings is 1. The molecule has 0 atom stereocenters. The fourth-order valence-electron chi connectivity index (χ4n) is 6.02. The molecule has 3 aliphatic heterocycles. The summed E-state index contributed by atoms with van der Waals surface area (Å²) in [5.41, 5.74) is 1.45. The molecule has 1 aromatic carbocycles. The van der Waals surface area contributed by atoms with E-state index in [-0.39, 0.29) is 24.1 Å². The highest BCUT2D eigenvalue weighted by Crippen LogP contribution is 2.42. The molecular formula is C31H41F3N8O3. The van der Waals surface area contributed by atoms with Gasteiger partial charge in [0.05, 0.1) is 55.0 Å². The minimum Gasteiger partial charge on any atom is -0.463 e. The molecular weight excluding hydrogens is 589 g/mol. The van der Waals surface area contributed by atoms with Crippen LogP contribution in [0.2, 0.25) is 0 Å². The first-order chi connectivity index (χ1) is 21.8. The highest BCUT2D eigenvalue weighted by molar-refractivity contribution is 5.94. The molecule has 0 aliphatic carbocycles. The van der Waals surface area contributed by atoms with Crippen LogP contribution in [0.25, 0.3) is 10.9 Å². The molecule has 2 aromatic heterocycles. The third-order valence-corrected chi connectivity index (χ3v) is 8.26. The minimum atomic E-state index is -4.53. The van der Waals surface area contributed by atoms with Crippen LogP contribution in [0.1, 0.15) is 37.1 Å². The Bertz CT molecular complexity index is 1470. The smallest absolute Gasteiger partial charge is 0.418 e. The number of aromatic amines is 1. The molecule has 0 bridgehead atoms. The number of amides is 1. The van der Waals surface area contributed by atoms with Gasteiger partial charge >= 0.3 is 12.2 Å². The van der Waals surface area contributed by atoms with Gasteiger partial charge in [-0.05, 0) is 31.1 Å². The lowest BCUT2D eigenvalue weighted by molar-refractivity contribution is -0.137. The number of morpholine rings is 1. The molecule has 3 aliphatic rings. The zero-order valence-electron chi connectivity index (χ0n) is 25.9. The Morgan fingerprint density at radius 3 is 2.53 bits per heavy atom. The van der Waals surface area contributed by atoms with Crippen LogP contribution in [0.3, 0.4) is 0 Å². The number of nitrogens with zero attached hydrogens (tertiary/aromatic N) is 7. The van der Waals surface area contributed by atoms with Gasteiger partial charge in [0.15, 0.2) is 0 Å². The Morgan fingerprint density at radius 1 is 1.07 bits per heavy atom. The van der Waals surface area contributed by atoms with Crippen molar-refractivity contribution in [2.45, 2.75) is 39.4 Å². The van der Waals surface area contributed by atoms with E-state index < -0.39 is 11.7 Å². The number of fused-ring (bicyclic) bond motifs is 2. The second-order valence-corrected chi connectivity index (χ2v) is 10.9. The number of carbonyl (C=O) groups excluding carboxylic acids is 1. The molecule has 0 spiro atoms. The maximum absolute atomic E-state index is 14.2. The third kappa shape index (κ3) is 7.33. The van der Waals surface area contributed by atoms with E-state index in [4.69, 9.17) is 19.4 Å². The van der Waals surface area contributed by atoms with Crippen molar-refractivity contribution in [3.8, 4) is 6.01 Å². The molecule has 11 nitrogen and oxygen atoms in total. The number of aromatic nitrogens is 4. The van der Waals surface area contributed by atoms with Crippen molar-refractivity contribution in [1.82, 2.24) is 30.0 Å². The number of H-pyrrole nitrogens is 1. The van der Waals surface area contributed by atoms with E-state index in [1.54, 1.807) is 9.80 Å². The number of hydrogen-bond donors (Lipinski definition) is 1. The van der Waals surface area contributed by atoms with Crippen LogP contribution >= 0.6 is 0 Å². The zero-order chi connectivity index (χ0) is 32.0. The first kappa shape index (κ1) is 32.5. The van der Waals surface area contributed by atoms with E-state index in [1.807, 2.05) is 13.8 Å². The topological polar surface area (TPSA) is 103 Å². The zero-order valence-corrected chi connectivity index (χ0v) is 25.9. The van der Waals surface area contributed by atoms with Gasteiger partial charge in [0.1, 0.15) is 5.82 Å². The number of anilines is 2. The third-order valence-electron chi connectivity index (χ3n) is 8.26. The molecule has 6 rings (SSSR count). The van der Waals surface area contributed by atoms with Gasteiger partial charge in [-0.3, -0.25) is 14.8 Å². The highest BCUT2D eigenvalue weighted by atomic mass is 19.4. The molecule has 1 N–H and O–H groups in total. The summed E-state index contributed by atoms with van der Waals surface area (Å²) >= 11 is 0. The maximum Gasteiger partial charge on any atom is 0.418 e. The van der Waals surface area contributed by atoms with Gasteiger partial charge in [-0.1, -0.05) is 20.4 Å². The molecule has 0 radical (unpaired) electrons. The Hall–Kier alpha value is -3.91. The summed E-state index contributed by atoms with van der Waals surface area (Å²) in [4.78, 5) is 29.6. The van der Waals surface area contributed by atoms with Crippen molar-refractivity contribution in [3.63, 3.8) is 0 Å².